The van der Waals surface area contributed by atoms with Gasteiger partial charge < -0.3 is 11.1 Å². The van der Waals surface area contributed by atoms with E-state index < -0.39 is 0 Å². The van der Waals surface area contributed by atoms with Crippen molar-refractivity contribution in [3.05, 3.63) is 35.0 Å². The van der Waals surface area contributed by atoms with Gasteiger partial charge in [0.2, 0.25) is 0 Å². The van der Waals surface area contributed by atoms with E-state index in [-0.39, 0.29) is 6.03 Å². The van der Waals surface area contributed by atoms with E-state index in [9.17, 15) is 10.1 Å². The Labute approximate surface area is 133 Å². The highest BCUT2D eigenvalue weighted by molar-refractivity contribution is 7.97. The Morgan fingerprint density at radius 2 is 2.27 bits per heavy atom. The zero-order valence-electron chi connectivity index (χ0n) is 12.4. The lowest BCUT2D eigenvalue weighted by Gasteiger charge is -2.14. The maximum atomic E-state index is 11.9. The number of carbonyl (C=O) groups is 1. The van der Waals surface area contributed by atoms with E-state index in [0.29, 0.717) is 23.5 Å². The van der Waals surface area contributed by atoms with Gasteiger partial charge in [-0.25, -0.2) is 4.79 Å². The second-order valence-corrected chi connectivity index (χ2v) is 5.65. The van der Waals surface area contributed by atoms with Gasteiger partial charge in [-0.3, -0.25) is 9.71 Å². The van der Waals surface area contributed by atoms with Crippen LogP contribution in [-0.2, 0) is 0 Å². The Hall–Kier alpha value is -2.30. The molecule has 0 atom stereocenters. The van der Waals surface area contributed by atoms with Crippen LogP contribution in [0.25, 0.3) is 10.9 Å². The number of aromatic nitrogens is 1. The fraction of sp³-hybridized carbons (Fsp3) is 0.267. The average molecular weight is 315 g/mol. The van der Waals surface area contributed by atoms with E-state index in [1.54, 1.807) is 12.3 Å². The lowest BCUT2D eigenvalue weighted by atomic mass is 9.99. The predicted molar refractivity (Wildman–Crippen MR) is 89.6 cm³/mol. The number of anilines is 1. The van der Waals surface area contributed by atoms with Crippen molar-refractivity contribution in [2.24, 2.45) is 5.73 Å². The molecule has 0 bridgehead atoms. The number of nitrogens with two attached hydrogens (primary N) is 1. The predicted octanol–water partition coefficient (Wildman–Crippen LogP) is 2.45. The van der Waals surface area contributed by atoms with E-state index in [0.717, 1.165) is 22.0 Å². The first kappa shape index (κ1) is 16.1. The number of nitriles is 1. The van der Waals surface area contributed by atoms with E-state index in [2.05, 4.69) is 21.1 Å². The summed E-state index contributed by atoms with van der Waals surface area (Å²) < 4.78 is 2.66. The van der Waals surface area contributed by atoms with Gasteiger partial charge >= 0.3 is 6.03 Å². The molecule has 0 saturated heterocycles. The highest BCUT2D eigenvalue weighted by atomic mass is 32.2. The Morgan fingerprint density at radius 3 is 2.95 bits per heavy atom. The number of aryl methyl sites for hydroxylation is 2. The van der Waals surface area contributed by atoms with Crippen LogP contribution in [0.2, 0.25) is 0 Å². The molecule has 0 aliphatic carbocycles. The Morgan fingerprint density at radius 1 is 1.50 bits per heavy atom. The van der Waals surface area contributed by atoms with Gasteiger partial charge in [0.25, 0.3) is 0 Å². The first-order valence-corrected chi connectivity index (χ1v) is 7.75. The Bertz CT molecular complexity index is 754. The summed E-state index contributed by atoms with van der Waals surface area (Å²) >= 11 is 1.25. The van der Waals surface area contributed by atoms with E-state index in [1.807, 2.05) is 19.9 Å². The number of benzene rings is 1. The summed E-state index contributed by atoms with van der Waals surface area (Å²) in [6.07, 6.45) is 1.62. The van der Waals surface area contributed by atoms with Crippen molar-refractivity contribution in [3.8, 4) is 6.07 Å². The fourth-order valence-electron chi connectivity index (χ4n) is 2.21. The summed E-state index contributed by atoms with van der Waals surface area (Å²) in [4.78, 5) is 16.2. The highest BCUT2D eigenvalue weighted by Gasteiger charge is 2.13. The van der Waals surface area contributed by atoms with Gasteiger partial charge in [0.05, 0.1) is 17.1 Å². The maximum absolute atomic E-state index is 11.9. The third-order valence-corrected chi connectivity index (χ3v) is 3.99. The lowest BCUT2D eigenvalue weighted by Crippen LogP contribution is -2.24. The number of rotatable bonds is 4. The van der Waals surface area contributed by atoms with Crippen molar-refractivity contribution in [1.29, 1.82) is 5.26 Å². The van der Waals surface area contributed by atoms with Crippen LogP contribution < -0.4 is 15.8 Å². The van der Waals surface area contributed by atoms with Crippen LogP contribution in [0.1, 0.15) is 16.7 Å². The summed E-state index contributed by atoms with van der Waals surface area (Å²) in [7, 11) is 0. The van der Waals surface area contributed by atoms with Gasteiger partial charge in [-0.1, -0.05) is 0 Å². The molecule has 0 unspecified atom stereocenters. The number of nitrogens with one attached hydrogen (secondary N) is 2. The monoisotopic (exact) mass is 315 g/mol. The molecule has 0 aliphatic heterocycles. The topological polar surface area (TPSA) is 104 Å². The molecule has 1 aromatic heterocycles. The van der Waals surface area contributed by atoms with E-state index >= 15 is 0 Å². The number of hydrogen-bond donors (Lipinski definition) is 3. The Balaban J connectivity index is 2.38. The van der Waals surface area contributed by atoms with Crippen LogP contribution in [0.5, 0.6) is 0 Å². The van der Waals surface area contributed by atoms with Gasteiger partial charge in [-0.15, -0.1) is 0 Å². The van der Waals surface area contributed by atoms with E-state index in [4.69, 9.17) is 5.73 Å². The molecule has 1 aromatic carbocycles. The number of amides is 2. The molecule has 0 spiro atoms. The van der Waals surface area contributed by atoms with E-state index in [1.165, 1.54) is 11.9 Å². The minimum atomic E-state index is -0.317. The van der Waals surface area contributed by atoms with Crippen LogP contribution >= 0.6 is 11.9 Å². The van der Waals surface area contributed by atoms with Crippen molar-refractivity contribution in [2.45, 2.75) is 13.8 Å². The van der Waals surface area contributed by atoms with Gasteiger partial charge in [-0.2, -0.15) is 5.26 Å². The van der Waals surface area contributed by atoms with Crippen LogP contribution in [0.15, 0.2) is 18.3 Å². The number of urea groups is 1. The number of fused-ring (bicyclic) bond motifs is 1. The molecule has 2 rings (SSSR count). The van der Waals surface area contributed by atoms with Crippen LogP contribution in [0, 0.1) is 25.2 Å². The van der Waals surface area contributed by atoms with Crippen molar-refractivity contribution < 1.29 is 4.79 Å². The molecule has 2 aromatic rings. The molecule has 22 heavy (non-hydrogen) atoms. The summed E-state index contributed by atoms with van der Waals surface area (Å²) in [5.41, 5.74) is 9.10. The van der Waals surface area contributed by atoms with Gasteiger partial charge in [0.1, 0.15) is 0 Å². The SMILES string of the molecule is Cc1cc(NC(=O)NSCCN)c(C)c2c(C#N)ccnc12. The summed E-state index contributed by atoms with van der Waals surface area (Å²) in [5.74, 6) is 0.644. The van der Waals surface area contributed by atoms with Gasteiger partial charge in [0.15, 0.2) is 0 Å². The molecule has 114 valence electrons. The standard InChI is InChI=1S/C15H17N5OS/c1-9-7-12(19-15(21)20-22-6-4-16)10(2)13-11(8-17)3-5-18-14(9)13/h3,5,7H,4,6,16H2,1-2H3,(H2,19,20,21). The summed E-state index contributed by atoms with van der Waals surface area (Å²) in [5, 5.41) is 12.9. The fourth-order valence-corrected chi connectivity index (χ4v) is 2.62. The van der Waals surface area contributed by atoms with Gasteiger partial charge in [0, 0.05) is 29.6 Å². The molecule has 0 saturated carbocycles. The number of nitrogens with zero attached hydrogens (tertiary/aromatic N) is 2. The molecule has 7 heteroatoms. The smallest absolute Gasteiger partial charge is 0.329 e. The molecular formula is C15H17N5OS. The second-order valence-electron chi connectivity index (χ2n) is 4.75. The number of hydrogen-bond acceptors (Lipinski definition) is 5. The molecule has 0 aliphatic rings. The second kappa shape index (κ2) is 7.11. The van der Waals surface area contributed by atoms with Crippen LogP contribution in [0.3, 0.4) is 0 Å². The molecule has 0 radical (unpaired) electrons. The van der Waals surface area contributed by atoms with Crippen molar-refractivity contribution in [2.75, 3.05) is 17.6 Å². The first-order valence-electron chi connectivity index (χ1n) is 6.76. The molecular weight excluding hydrogens is 298 g/mol. The zero-order chi connectivity index (χ0) is 16.1. The maximum Gasteiger partial charge on any atom is 0.329 e. The normalized spacial score (nSPS) is 10.3. The van der Waals surface area contributed by atoms with Gasteiger partial charge in [-0.05, 0) is 49.1 Å². The van der Waals surface area contributed by atoms with Crippen LogP contribution in [0.4, 0.5) is 10.5 Å². The third-order valence-electron chi connectivity index (χ3n) is 3.22. The first-order chi connectivity index (χ1) is 10.6. The highest BCUT2D eigenvalue weighted by Crippen LogP contribution is 2.29. The lowest BCUT2D eigenvalue weighted by molar-refractivity contribution is 0.257. The molecule has 6 nitrogen and oxygen atoms in total. The number of pyridine rings is 1. The minimum Gasteiger partial charge on any atom is -0.330 e. The third kappa shape index (κ3) is 3.30. The number of carbonyl (C=O) groups excluding carboxylic acids is 1. The largest absolute Gasteiger partial charge is 0.330 e. The zero-order valence-corrected chi connectivity index (χ0v) is 13.3. The molecule has 1 heterocycles. The summed E-state index contributed by atoms with van der Waals surface area (Å²) in [6.45, 7) is 4.27. The molecule has 0 fully saturated rings. The van der Waals surface area contributed by atoms with Crippen molar-refractivity contribution >= 4 is 34.6 Å². The Kier molecular flexibility index (Phi) is 5.20. The minimum absolute atomic E-state index is 0.317. The quantitative estimate of drug-likeness (QED) is 0.594. The summed E-state index contributed by atoms with van der Waals surface area (Å²) in [6, 6.07) is 5.39. The van der Waals surface area contributed by atoms with Crippen molar-refractivity contribution in [1.82, 2.24) is 9.71 Å². The van der Waals surface area contributed by atoms with Crippen molar-refractivity contribution in [3.63, 3.8) is 0 Å². The molecule has 4 N–H and O–H groups in total. The van der Waals surface area contributed by atoms with Crippen LogP contribution in [-0.4, -0.2) is 23.3 Å². The molecule has 2 amide bonds. The average Bonchev–Trinajstić information content (AvgIpc) is 2.51.